The van der Waals surface area contributed by atoms with Gasteiger partial charge in [0, 0.05) is 0 Å². The molecule has 1 aromatic carbocycles. The van der Waals surface area contributed by atoms with E-state index in [0.717, 1.165) is 19.3 Å². The van der Waals surface area contributed by atoms with Crippen molar-refractivity contribution in [2.24, 2.45) is 5.92 Å². The van der Waals surface area contributed by atoms with Crippen molar-refractivity contribution < 1.29 is 9.53 Å². The molecule has 2 nitrogen and oxygen atoms in total. The minimum Gasteiger partial charge on any atom is -0.465 e. The van der Waals surface area contributed by atoms with Crippen LogP contribution in [0.25, 0.3) is 0 Å². The Labute approximate surface area is 97.6 Å². The van der Waals surface area contributed by atoms with E-state index in [0.29, 0.717) is 6.61 Å². The number of carbonyl (C=O) groups is 1. The summed E-state index contributed by atoms with van der Waals surface area (Å²) in [6.07, 6.45) is 2.76. The van der Waals surface area contributed by atoms with Crippen molar-refractivity contribution in [2.45, 2.75) is 33.1 Å². The summed E-state index contributed by atoms with van der Waals surface area (Å²) in [5, 5.41) is 0. The van der Waals surface area contributed by atoms with Crippen LogP contribution in [0.5, 0.6) is 0 Å². The van der Waals surface area contributed by atoms with E-state index in [4.69, 9.17) is 4.74 Å². The molecule has 0 bridgehead atoms. The van der Waals surface area contributed by atoms with Crippen LogP contribution >= 0.6 is 0 Å². The van der Waals surface area contributed by atoms with Crippen LogP contribution in [0.4, 0.5) is 0 Å². The molecule has 0 spiro atoms. The Balaban J connectivity index is 2.34. The quantitative estimate of drug-likeness (QED) is 0.543. The highest BCUT2D eigenvalue weighted by Crippen LogP contribution is 2.09. The molecule has 0 saturated carbocycles. The number of hydrogen-bond donors (Lipinski definition) is 0. The summed E-state index contributed by atoms with van der Waals surface area (Å²) in [5.74, 6) is -0.142. The number of benzene rings is 1. The van der Waals surface area contributed by atoms with Crippen molar-refractivity contribution in [1.29, 1.82) is 0 Å². The summed E-state index contributed by atoms with van der Waals surface area (Å²) in [4.78, 5) is 11.6. The molecule has 0 heterocycles. The van der Waals surface area contributed by atoms with Gasteiger partial charge in [0.1, 0.15) is 0 Å². The van der Waals surface area contributed by atoms with Gasteiger partial charge < -0.3 is 4.74 Å². The highest BCUT2D eigenvalue weighted by atomic mass is 16.5. The minimum absolute atomic E-state index is 0.0562. The number of esters is 1. The molecule has 0 saturated heterocycles. The molecule has 0 N–H and O–H groups in total. The fourth-order valence-corrected chi connectivity index (χ4v) is 1.51. The molecule has 2 heteroatoms. The molecule has 0 aliphatic rings. The second-order valence-electron chi connectivity index (χ2n) is 4.11. The van der Waals surface area contributed by atoms with Crippen molar-refractivity contribution in [3.63, 3.8) is 0 Å². The van der Waals surface area contributed by atoms with E-state index < -0.39 is 0 Å². The number of carbonyl (C=O) groups excluding carboxylic acids is 1. The number of rotatable bonds is 6. The molecule has 1 aromatic rings. The Morgan fingerprint density at radius 3 is 2.62 bits per heavy atom. The van der Waals surface area contributed by atoms with Gasteiger partial charge in [-0.15, -0.1) is 0 Å². The molecule has 16 heavy (non-hydrogen) atoms. The van der Waals surface area contributed by atoms with E-state index in [2.05, 4.69) is 6.92 Å². The standard InChI is InChI=1S/C14H20O2/c1-3-4-10-16-14(15)12(2)11-13-8-6-5-7-9-13/h5-9,12H,3-4,10-11H2,1-2H3. The Morgan fingerprint density at radius 2 is 2.00 bits per heavy atom. The van der Waals surface area contributed by atoms with Crippen LogP contribution in [0, 0.1) is 5.92 Å². The second-order valence-corrected chi connectivity index (χ2v) is 4.11. The van der Waals surface area contributed by atoms with Gasteiger partial charge in [0.05, 0.1) is 12.5 Å². The van der Waals surface area contributed by atoms with Crippen LogP contribution in [0.1, 0.15) is 32.3 Å². The highest BCUT2D eigenvalue weighted by Gasteiger charge is 2.14. The van der Waals surface area contributed by atoms with E-state index in [1.807, 2.05) is 37.3 Å². The first-order valence-electron chi connectivity index (χ1n) is 5.94. The van der Waals surface area contributed by atoms with E-state index in [1.165, 1.54) is 5.56 Å². The van der Waals surface area contributed by atoms with Gasteiger partial charge in [-0.1, -0.05) is 50.6 Å². The maximum atomic E-state index is 11.6. The molecule has 1 unspecified atom stereocenters. The molecule has 88 valence electrons. The predicted octanol–water partition coefficient (Wildman–Crippen LogP) is 3.21. The van der Waals surface area contributed by atoms with E-state index in [-0.39, 0.29) is 11.9 Å². The molecule has 1 atom stereocenters. The average Bonchev–Trinajstić information content (AvgIpc) is 2.30. The molecule has 0 fully saturated rings. The van der Waals surface area contributed by atoms with Crippen molar-refractivity contribution >= 4 is 5.97 Å². The van der Waals surface area contributed by atoms with Crippen molar-refractivity contribution in [3.05, 3.63) is 35.9 Å². The summed E-state index contributed by atoms with van der Waals surface area (Å²) >= 11 is 0. The molecule has 0 aliphatic heterocycles. The summed E-state index contributed by atoms with van der Waals surface area (Å²) in [7, 11) is 0. The third-order valence-corrected chi connectivity index (χ3v) is 2.53. The van der Waals surface area contributed by atoms with E-state index in [1.54, 1.807) is 0 Å². The maximum absolute atomic E-state index is 11.6. The first-order chi connectivity index (χ1) is 7.74. The molecule has 1 rings (SSSR count). The minimum atomic E-state index is -0.0858. The summed E-state index contributed by atoms with van der Waals surface area (Å²) in [6.45, 7) is 4.55. The van der Waals surface area contributed by atoms with Crippen LogP contribution in [0.2, 0.25) is 0 Å². The molecular formula is C14H20O2. The number of unbranched alkanes of at least 4 members (excludes halogenated alkanes) is 1. The van der Waals surface area contributed by atoms with Gasteiger partial charge in [-0.05, 0) is 18.4 Å². The summed E-state index contributed by atoms with van der Waals surface area (Å²) < 4.78 is 5.18. The van der Waals surface area contributed by atoms with Gasteiger partial charge in [0.15, 0.2) is 0 Å². The molecular weight excluding hydrogens is 200 g/mol. The number of ether oxygens (including phenoxy) is 1. The zero-order valence-electron chi connectivity index (χ0n) is 10.1. The smallest absolute Gasteiger partial charge is 0.308 e. The summed E-state index contributed by atoms with van der Waals surface area (Å²) in [5.41, 5.74) is 1.18. The zero-order chi connectivity index (χ0) is 11.8. The van der Waals surface area contributed by atoms with E-state index in [9.17, 15) is 4.79 Å². The molecule has 0 amide bonds. The lowest BCUT2D eigenvalue weighted by Gasteiger charge is -2.11. The summed E-state index contributed by atoms with van der Waals surface area (Å²) in [6, 6.07) is 10.0. The lowest BCUT2D eigenvalue weighted by molar-refractivity contribution is -0.148. The first-order valence-corrected chi connectivity index (χ1v) is 5.94. The monoisotopic (exact) mass is 220 g/mol. The Morgan fingerprint density at radius 1 is 1.31 bits per heavy atom. The Bertz CT molecular complexity index is 306. The van der Waals surface area contributed by atoms with Gasteiger partial charge in [0.2, 0.25) is 0 Å². The molecule has 0 aliphatic carbocycles. The number of hydrogen-bond acceptors (Lipinski definition) is 2. The first kappa shape index (κ1) is 12.8. The van der Waals surface area contributed by atoms with Crippen LogP contribution in [0.3, 0.4) is 0 Å². The molecule has 0 aromatic heterocycles. The Hall–Kier alpha value is -1.31. The predicted molar refractivity (Wildman–Crippen MR) is 65.2 cm³/mol. The third-order valence-electron chi connectivity index (χ3n) is 2.53. The van der Waals surface area contributed by atoms with Crippen molar-refractivity contribution in [2.75, 3.05) is 6.61 Å². The largest absolute Gasteiger partial charge is 0.465 e. The lowest BCUT2D eigenvalue weighted by Crippen LogP contribution is -2.17. The lowest BCUT2D eigenvalue weighted by atomic mass is 10.0. The van der Waals surface area contributed by atoms with Gasteiger partial charge in [-0.3, -0.25) is 4.79 Å². The van der Waals surface area contributed by atoms with Crippen molar-refractivity contribution in [3.8, 4) is 0 Å². The van der Waals surface area contributed by atoms with Gasteiger partial charge >= 0.3 is 5.97 Å². The van der Waals surface area contributed by atoms with Crippen molar-refractivity contribution in [1.82, 2.24) is 0 Å². The average molecular weight is 220 g/mol. The normalized spacial score (nSPS) is 12.1. The highest BCUT2D eigenvalue weighted by molar-refractivity contribution is 5.72. The van der Waals surface area contributed by atoms with Gasteiger partial charge in [0.25, 0.3) is 0 Å². The zero-order valence-corrected chi connectivity index (χ0v) is 10.1. The maximum Gasteiger partial charge on any atom is 0.308 e. The van der Waals surface area contributed by atoms with E-state index >= 15 is 0 Å². The fourth-order valence-electron chi connectivity index (χ4n) is 1.51. The fraction of sp³-hybridized carbons (Fsp3) is 0.500. The van der Waals surface area contributed by atoms with Gasteiger partial charge in [-0.2, -0.15) is 0 Å². The van der Waals surface area contributed by atoms with Crippen LogP contribution < -0.4 is 0 Å². The third kappa shape index (κ3) is 4.47. The Kier molecular flexibility index (Phi) is 5.62. The van der Waals surface area contributed by atoms with Crippen LogP contribution in [-0.2, 0) is 16.0 Å². The topological polar surface area (TPSA) is 26.3 Å². The molecule has 0 radical (unpaired) electrons. The second kappa shape index (κ2) is 7.04. The SMILES string of the molecule is CCCCOC(=O)C(C)Cc1ccccc1. The van der Waals surface area contributed by atoms with Crippen LogP contribution in [0.15, 0.2) is 30.3 Å². The van der Waals surface area contributed by atoms with Crippen LogP contribution in [-0.4, -0.2) is 12.6 Å². The van der Waals surface area contributed by atoms with Gasteiger partial charge in [-0.25, -0.2) is 0 Å².